The summed E-state index contributed by atoms with van der Waals surface area (Å²) in [4.78, 5) is 11.8. The lowest BCUT2D eigenvalue weighted by atomic mass is 10.1. The lowest BCUT2D eigenvalue weighted by Crippen LogP contribution is -2.17. The van der Waals surface area contributed by atoms with E-state index in [-0.39, 0.29) is 5.91 Å². The Kier molecular flexibility index (Phi) is 10.9. The molecule has 146 valence electrons. The van der Waals surface area contributed by atoms with E-state index in [9.17, 15) is 4.79 Å². The lowest BCUT2D eigenvalue weighted by Gasteiger charge is -2.13. The molecule has 1 N–H and O–H groups in total. The summed E-state index contributed by atoms with van der Waals surface area (Å²) < 4.78 is 15.9. The van der Waals surface area contributed by atoms with Gasteiger partial charge in [0.25, 0.3) is 0 Å². The van der Waals surface area contributed by atoms with Crippen LogP contribution in [-0.2, 0) is 4.79 Å². The second-order valence-corrected chi connectivity index (χ2v) is 6.09. The maximum atomic E-state index is 11.8. The topological polar surface area (TPSA) is 69.2 Å². The summed E-state index contributed by atoms with van der Waals surface area (Å²) in [6.45, 7) is 2.21. The minimum atomic E-state index is -0.0748. The Labute approximate surface area is 156 Å². The number of ether oxygens (including phenoxy) is 3. The van der Waals surface area contributed by atoms with E-state index in [0.717, 1.165) is 12.8 Å². The first-order valence-corrected chi connectivity index (χ1v) is 9.28. The molecular weight excluding hydrogens is 332 g/mol. The number of nitrogens with zero attached hydrogens (tertiary/aromatic N) is 1. The number of nitrogens with one attached hydrogen (secondary N) is 1. The molecule has 0 aromatic heterocycles. The highest BCUT2D eigenvalue weighted by Crippen LogP contribution is 2.38. The number of methoxy groups -OCH3 is 3. The summed E-state index contributed by atoms with van der Waals surface area (Å²) in [5, 5.41) is 4.02. The van der Waals surface area contributed by atoms with Crippen molar-refractivity contribution in [1.29, 1.82) is 0 Å². The van der Waals surface area contributed by atoms with E-state index in [1.165, 1.54) is 32.1 Å². The minimum Gasteiger partial charge on any atom is -0.493 e. The van der Waals surface area contributed by atoms with Crippen molar-refractivity contribution in [3.63, 3.8) is 0 Å². The van der Waals surface area contributed by atoms with Gasteiger partial charge in [0, 0.05) is 12.0 Å². The number of carbonyl (C=O) groups excluding carboxylic acids is 1. The van der Waals surface area contributed by atoms with Gasteiger partial charge < -0.3 is 14.2 Å². The van der Waals surface area contributed by atoms with E-state index >= 15 is 0 Å². The van der Waals surface area contributed by atoms with Crippen molar-refractivity contribution in [3.8, 4) is 17.2 Å². The van der Waals surface area contributed by atoms with E-state index in [2.05, 4.69) is 17.5 Å². The molecule has 1 amide bonds. The first-order chi connectivity index (χ1) is 12.7. The Bertz CT molecular complexity index is 573. The lowest BCUT2D eigenvalue weighted by molar-refractivity contribution is -0.121. The van der Waals surface area contributed by atoms with Gasteiger partial charge in [0.05, 0.1) is 27.5 Å². The molecule has 0 aliphatic carbocycles. The molecule has 1 aromatic rings. The number of carbonyl (C=O) groups is 1. The average molecular weight is 364 g/mol. The Morgan fingerprint density at radius 3 is 2.23 bits per heavy atom. The van der Waals surface area contributed by atoms with Crippen LogP contribution in [0.3, 0.4) is 0 Å². The number of benzene rings is 1. The molecule has 0 atom stereocenters. The van der Waals surface area contributed by atoms with Crippen molar-refractivity contribution in [2.75, 3.05) is 21.3 Å². The summed E-state index contributed by atoms with van der Waals surface area (Å²) in [6.07, 6.45) is 10.3. The first kappa shape index (κ1) is 21.8. The van der Waals surface area contributed by atoms with Crippen molar-refractivity contribution in [3.05, 3.63) is 17.7 Å². The first-order valence-electron chi connectivity index (χ1n) is 9.28. The molecule has 1 aromatic carbocycles. The van der Waals surface area contributed by atoms with E-state index in [1.807, 2.05) is 0 Å². The van der Waals surface area contributed by atoms with E-state index < -0.39 is 0 Å². The zero-order valence-electron chi connectivity index (χ0n) is 16.5. The molecule has 0 saturated carbocycles. The van der Waals surface area contributed by atoms with Crippen molar-refractivity contribution in [2.24, 2.45) is 5.10 Å². The van der Waals surface area contributed by atoms with Gasteiger partial charge in [0.1, 0.15) is 0 Å². The average Bonchev–Trinajstić information content (AvgIpc) is 2.66. The van der Waals surface area contributed by atoms with Crippen LogP contribution < -0.4 is 19.6 Å². The monoisotopic (exact) mass is 364 g/mol. The van der Waals surface area contributed by atoms with Gasteiger partial charge in [-0.25, -0.2) is 5.43 Å². The van der Waals surface area contributed by atoms with E-state index in [1.54, 1.807) is 39.7 Å². The number of amides is 1. The third-order valence-electron chi connectivity index (χ3n) is 4.13. The molecule has 0 saturated heterocycles. The van der Waals surface area contributed by atoms with Crippen LogP contribution in [0.5, 0.6) is 17.2 Å². The molecule has 26 heavy (non-hydrogen) atoms. The van der Waals surface area contributed by atoms with Crippen molar-refractivity contribution >= 4 is 12.1 Å². The predicted molar refractivity (Wildman–Crippen MR) is 104 cm³/mol. The summed E-state index contributed by atoms with van der Waals surface area (Å²) in [5.74, 6) is 1.50. The van der Waals surface area contributed by atoms with Crippen LogP contribution in [0.25, 0.3) is 0 Å². The predicted octanol–water partition coefficient (Wildman–Crippen LogP) is 4.30. The van der Waals surface area contributed by atoms with E-state index in [0.29, 0.717) is 29.2 Å². The third-order valence-corrected chi connectivity index (χ3v) is 4.13. The van der Waals surface area contributed by atoms with Gasteiger partial charge in [0.15, 0.2) is 11.5 Å². The van der Waals surface area contributed by atoms with Crippen LogP contribution >= 0.6 is 0 Å². The molecule has 6 nitrogen and oxygen atoms in total. The standard InChI is InChI=1S/C20H32N2O4/c1-5-6-7-8-9-10-11-12-18(23)22-21-15-16-13-14-17(24-2)20(26-4)19(16)25-3/h13-15H,5-12H2,1-4H3,(H,22,23). The summed E-state index contributed by atoms with van der Waals surface area (Å²) in [5.41, 5.74) is 3.26. The molecule has 0 bridgehead atoms. The molecular formula is C20H32N2O4. The van der Waals surface area contributed by atoms with Crippen LogP contribution in [0.4, 0.5) is 0 Å². The molecule has 0 heterocycles. The number of unbranched alkanes of at least 4 members (excludes halogenated alkanes) is 6. The molecule has 0 radical (unpaired) electrons. The number of rotatable bonds is 13. The van der Waals surface area contributed by atoms with Crippen LogP contribution in [0, 0.1) is 0 Å². The zero-order chi connectivity index (χ0) is 19.2. The summed E-state index contributed by atoms with van der Waals surface area (Å²) >= 11 is 0. The smallest absolute Gasteiger partial charge is 0.240 e. The maximum Gasteiger partial charge on any atom is 0.240 e. The zero-order valence-corrected chi connectivity index (χ0v) is 16.5. The largest absolute Gasteiger partial charge is 0.493 e. The normalized spacial score (nSPS) is 10.8. The highest BCUT2D eigenvalue weighted by atomic mass is 16.5. The van der Waals surface area contributed by atoms with Gasteiger partial charge >= 0.3 is 0 Å². The Morgan fingerprint density at radius 1 is 0.962 bits per heavy atom. The van der Waals surface area contributed by atoms with Crippen molar-refractivity contribution < 1.29 is 19.0 Å². The highest BCUT2D eigenvalue weighted by Gasteiger charge is 2.14. The van der Waals surface area contributed by atoms with Crippen LogP contribution in [-0.4, -0.2) is 33.5 Å². The quantitative estimate of drug-likeness (QED) is 0.322. The van der Waals surface area contributed by atoms with Gasteiger partial charge in [0.2, 0.25) is 11.7 Å². The molecule has 0 aliphatic rings. The number of hydrogen-bond donors (Lipinski definition) is 1. The second kappa shape index (κ2) is 13.0. The maximum absolute atomic E-state index is 11.8. The van der Waals surface area contributed by atoms with Crippen molar-refractivity contribution in [1.82, 2.24) is 5.43 Å². The minimum absolute atomic E-state index is 0.0748. The SMILES string of the molecule is CCCCCCCCCC(=O)NN=Cc1ccc(OC)c(OC)c1OC. The Morgan fingerprint density at radius 2 is 1.62 bits per heavy atom. The Balaban J connectivity index is 2.44. The fraction of sp³-hybridized carbons (Fsp3) is 0.600. The second-order valence-electron chi connectivity index (χ2n) is 6.09. The highest BCUT2D eigenvalue weighted by molar-refractivity contribution is 5.87. The molecule has 0 aliphatic heterocycles. The van der Waals surface area contributed by atoms with Crippen LogP contribution in [0.15, 0.2) is 17.2 Å². The van der Waals surface area contributed by atoms with Gasteiger partial charge in [-0.2, -0.15) is 5.10 Å². The molecule has 6 heteroatoms. The molecule has 0 unspecified atom stereocenters. The van der Waals surface area contributed by atoms with Gasteiger partial charge in [-0.15, -0.1) is 0 Å². The van der Waals surface area contributed by atoms with Crippen LogP contribution in [0.1, 0.15) is 63.9 Å². The fourth-order valence-corrected chi connectivity index (χ4v) is 2.70. The molecule has 0 fully saturated rings. The Hall–Kier alpha value is -2.24. The van der Waals surface area contributed by atoms with Crippen molar-refractivity contribution in [2.45, 2.75) is 58.3 Å². The van der Waals surface area contributed by atoms with E-state index in [4.69, 9.17) is 14.2 Å². The molecule has 0 spiro atoms. The van der Waals surface area contributed by atoms with Gasteiger partial charge in [-0.05, 0) is 18.6 Å². The summed E-state index contributed by atoms with van der Waals surface area (Å²) in [7, 11) is 4.66. The molecule has 1 rings (SSSR count). The third kappa shape index (κ3) is 7.33. The summed E-state index contributed by atoms with van der Waals surface area (Å²) in [6, 6.07) is 3.56. The number of hydrogen-bond acceptors (Lipinski definition) is 5. The number of hydrazone groups is 1. The van der Waals surface area contributed by atoms with Crippen LogP contribution in [0.2, 0.25) is 0 Å². The fourth-order valence-electron chi connectivity index (χ4n) is 2.70. The van der Waals surface area contributed by atoms with Gasteiger partial charge in [-0.3, -0.25) is 4.79 Å². The van der Waals surface area contributed by atoms with Gasteiger partial charge in [-0.1, -0.05) is 45.4 Å².